The van der Waals surface area contributed by atoms with Gasteiger partial charge < -0.3 is 50.0 Å². The maximum absolute atomic E-state index is 11.0. The highest BCUT2D eigenvalue weighted by atomic mass is 79.9. The van der Waals surface area contributed by atoms with Crippen LogP contribution in [0.2, 0.25) is 0 Å². The molecule has 4 aromatic heterocycles. The first kappa shape index (κ1) is 49.3. The highest BCUT2D eigenvalue weighted by Crippen LogP contribution is 2.35. The molecule has 20 heteroatoms. The second-order valence-electron chi connectivity index (χ2n) is 15.1. The Morgan fingerprint density at radius 2 is 0.955 bits per heavy atom. The van der Waals surface area contributed by atoms with Gasteiger partial charge in [-0.3, -0.25) is 9.59 Å². The molecule has 0 amide bonds. The molecule has 2 unspecified atom stereocenters. The van der Waals surface area contributed by atoms with Gasteiger partial charge in [0.15, 0.2) is 0 Å². The van der Waals surface area contributed by atoms with Crippen LogP contribution >= 0.6 is 31.9 Å². The number of halogens is 2. The van der Waals surface area contributed by atoms with E-state index in [0.717, 1.165) is 44.5 Å². The fraction of sp³-hybridized carbons (Fsp3) is 0.304. The number of hydrogen-bond donors (Lipinski definition) is 6. The summed E-state index contributed by atoms with van der Waals surface area (Å²) in [4.78, 5) is 47.6. The Morgan fingerprint density at radius 1 is 0.576 bits per heavy atom. The van der Waals surface area contributed by atoms with Crippen LogP contribution in [-0.2, 0) is 49.1 Å². The second-order valence-corrected chi connectivity index (χ2v) is 16.8. The summed E-state index contributed by atoms with van der Waals surface area (Å²) < 4.78 is 26.0. The number of aliphatic carboxylic acids is 2. The van der Waals surface area contributed by atoms with E-state index in [9.17, 15) is 19.8 Å². The number of rotatable bonds is 25. The smallest absolute Gasteiger partial charge is 0.306 e. The molecule has 66 heavy (non-hydrogen) atoms. The van der Waals surface area contributed by atoms with Gasteiger partial charge in [-0.05, 0) is 91.2 Å². The van der Waals surface area contributed by atoms with Crippen LogP contribution in [0.4, 0.5) is 0 Å². The Morgan fingerprint density at radius 3 is 1.33 bits per heavy atom. The van der Waals surface area contributed by atoms with Crippen LogP contribution in [0.25, 0.3) is 11.1 Å². The van der Waals surface area contributed by atoms with Crippen molar-refractivity contribution < 1.29 is 49.0 Å². The van der Waals surface area contributed by atoms with Gasteiger partial charge in [-0.1, -0.05) is 36.4 Å². The van der Waals surface area contributed by atoms with Crippen LogP contribution in [0, 0.1) is 13.8 Å². The van der Waals surface area contributed by atoms with E-state index in [0.29, 0.717) is 31.8 Å². The molecule has 2 atom stereocenters. The third kappa shape index (κ3) is 14.4. The average molecular weight is 1030 g/mol. The highest BCUT2D eigenvalue weighted by molar-refractivity contribution is 9.10. The third-order valence-corrected chi connectivity index (χ3v) is 11.2. The summed E-state index contributed by atoms with van der Waals surface area (Å²) in [6.45, 7) is 5.30. The van der Waals surface area contributed by atoms with Crippen LogP contribution < -0.4 is 29.6 Å². The molecule has 0 bridgehead atoms. The summed E-state index contributed by atoms with van der Waals surface area (Å²) in [7, 11) is 0. The van der Waals surface area contributed by atoms with E-state index in [-0.39, 0.29) is 77.2 Å². The lowest BCUT2D eigenvalue weighted by atomic mass is 9.92. The molecule has 6 rings (SSSR count). The Labute approximate surface area is 397 Å². The Bertz CT molecular complexity index is 2400. The molecule has 346 valence electrons. The molecule has 0 aliphatic carbocycles. The Balaban J connectivity index is 1.16. The first-order chi connectivity index (χ1) is 31.8. The summed E-state index contributed by atoms with van der Waals surface area (Å²) >= 11 is 7.19. The zero-order chi connectivity index (χ0) is 47.0. The molecule has 6 N–H and O–H groups in total. The lowest BCUT2D eigenvalue weighted by Gasteiger charge is -2.18. The van der Waals surface area contributed by atoms with Gasteiger partial charge >= 0.3 is 11.9 Å². The molecule has 0 radical (unpaired) electrons. The minimum Gasteiger partial charge on any atom is -0.481 e. The van der Waals surface area contributed by atoms with Crippen LogP contribution in [0.1, 0.15) is 57.3 Å². The summed E-state index contributed by atoms with van der Waals surface area (Å²) in [6.07, 6.45) is 6.50. The molecular weight excluding hydrogens is 984 g/mol. The quantitative estimate of drug-likeness (QED) is 0.0383. The number of pyridine rings is 2. The fourth-order valence-corrected chi connectivity index (χ4v) is 7.61. The lowest BCUT2D eigenvalue weighted by Crippen LogP contribution is -2.28. The van der Waals surface area contributed by atoms with Gasteiger partial charge in [0, 0.05) is 73.2 Å². The standard InChI is InChI=1S/C46H48Br2N8O10/c1-27-31(23-65-45-39(47)9-33(17-49-19-35(57)11-41(59)60)43(55-45)63-21-29-13-51-25-52-14-29)5-3-7-37(27)38-8-4-6-32(28(38)2)24-66-46-40(48)10-34(18-50-20-36(58)12-42(61)62)44(56-46)64-22-30-15-53-26-54-16-30/h3-10,13-16,25-26,35-36,49-50,57-58H,11-12,17-24H2,1-2H3,(H,59,60)(H,61,62). The normalized spacial score (nSPS) is 12.0. The van der Waals surface area contributed by atoms with Crippen molar-refractivity contribution in [3.63, 3.8) is 0 Å². The molecule has 6 aromatic rings. The number of nitrogens with zero attached hydrogens (tertiary/aromatic N) is 6. The number of hydrogen-bond acceptors (Lipinski definition) is 16. The first-order valence-corrected chi connectivity index (χ1v) is 22.2. The summed E-state index contributed by atoms with van der Waals surface area (Å²) in [6, 6.07) is 15.7. The van der Waals surface area contributed by atoms with Crippen LogP contribution in [0.15, 0.2) is 94.9 Å². The molecule has 0 spiro atoms. The predicted molar refractivity (Wildman–Crippen MR) is 247 cm³/mol. The van der Waals surface area contributed by atoms with E-state index in [4.69, 9.17) is 39.1 Å². The number of carboxylic acids is 2. The SMILES string of the molecule is Cc1c(COc2nc(OCc3cncnc3)c(CNCC(O)CC(=O)O)cc2Br)cccc1-c1cccc(COc2nc(OCc3cncnc3)c(CNCC(O)CC(=O)O)cc2Br)c1C. The predicted octanol–water partition coefficient (Wildman–Crippen LogP) is 6.03. The zero-order valence-electron chi connectivity index (χ0n) is 36.0. The van der Waals surface area contributed by atoms with E-state index in [2.05, 4.69) is 74.6 Å². The van der Waals surface area contributed by atoms with Gasteiger partial charge in [-0.15, -0.1) is 0 Å². The zero-order valence-corrected chi connectivity index (χ0v) is 39.2. The van der Waals surface area contributed by atoms with Crippen molar-refractivity contribution in [1.82, 2.24) is 40.5 Å². The molecule has 0 saturated carbocycles. The topological polar surface area (TPSA) is 253 Å². The van der Waals surface area contributed by atoms with Gasteiger partial charge in [0.25, 0.3) is 0 Å². The maximum atomic E-state index is 11.0. The molecule has 0 aliphatic heterocycles. The van der Waals surface area contributed by atoms with Gasteiger partial charge in [0.1, 0.15) is 39.1 Å². The molecular formula is C46H48Br2N8O10. The maximum Gasteiger partial charge on any atom is 0.306 e. The fourth-order valence-electron chi connectivity index (χ4n) is 6.66. The van der Waals surface area contributed by atoms with Gasteiger partial charge in [0.2, 0.25) is 23.5 Å². The van der Waals surface area contributed by atoms with Gasteiger partial charge in [0.05, 0.1) is 34.0 Å². The van der Waals surface area contributed by atoms with Crippen LogP contribution in [0.5, 0.6) is 23.5 Å². The van der Waals surface area contributed by atoms with Crippen molar-refractivity contribution >= 4 is 43.8 Å². The summed E-state index contributed by atoms with van der Waals surface area (Å²) in [5, 5.41) is 44.3. The summed E-state index contributed by atoms with van der Waals surface area (Å²) in [5.41, 5.74) is 8.64. The van der Waals surface area contributed by atoms with Crippen molar-refractivity contribution in [3.05, 3.63) is 139 Å². The van der Waals surface area contributed by atoms with Crippen molar-refractivity contribution in [2.45, 2.75) is 78.4 Å². The number of aliphatic hydroxyl groups is 2. The number of carbonyl (C=O) groups is 2. The lowest BCUT2D eigenvalue weighted by molar-refractivity contribution is -0.140. The van der Waals surface area contributed by atoms with E-state index in [1.165, 1.54) is 12.7 Å². The number of aliphatic hydroxyl groups excluding tert-OH is 2. The summed E-state index contributed by atoms with van der Waals surface area (Å²) in [5.74, 6) is -1.03. The number of benzene rings is 2. The van der Waals surface area contributed by atoms with E-state index in [1.54, 1.807) is 24.8 Å². The van der Waals surface area contributed by atoms with Crippen LogP contribution in [0.3, 0.4) is 0 Å². The largest absolute Gasteiger partial charge is 0.481 e. The van der Waals surface area contributed by atoms with Gasteiger partial charge in [-0.2, -0.15) is 9.97 Å². The average Bonchev–Trinajstić information content (AvgIpc) is 3.28. The molecule has 0 saturated heterocycles. The molecule has 0 aliphatic rings. The van der Waals surface area contributed by atoms with E-state index < -0.39 is 24.1 Å². The van der Waals surface area contributed by atoms with Crippen LogP contribution in [-0.4, -0.2) is 87.6 Å². The second kappa shape index (κ2) is 24.4. The number of ether oxygens (including phenoxy) is 4. The molecule has 4 heterocycles. The monoisotopic (exact) mass is 1030 g/mol. The van der Waals surface area contributed by atoms with E-state index >= 15 is 0 Å². The number of aromatic nitrogens is 6. The Kier molecular flexibility index (Phi) is 18.2. The highest BCUT2D eigenvalue weighted by Gasteiger charge is 2.19. The van der Waals surface area contributed by atoms with Crippen molar-refractivity contribution in [2.75, 3.05) is 13.1 Å². The molecule has 2 aromatic carbocycles. The van der Waals surface area contributed by atoms with Crippen molar-refractivity contribution in [3.8, 4) is 34.6 Å². The molecule has 0 fully saturated rings. The van der Waals surface area contributed by atoms with Crippen molar-refractivity contribution in [1.29, 1.82) is 0 Å². The molecule has 18 nitrogen and oxygen atoms in total. The Hall–Kier alpha value is -6.16. The number of nitrogens with one attached hydrogen (secondary N) is 2. The minimum absolute atomic E-state index is 0.0527. The van der Waals surface area contributed by atoms with Gasteiger partial charge in [-0.25, -0.2) is 19.9 Å². The van der Waals surface area contributed by atoms with Crippen molar-refractivity contribution in [2.24, 2.45) is 0 Å². The van der Waals surface area contributed by atoms with E-state index in [1.807, 2.05) is 50.2 Å². The first-order valence-electron chi connectivity index (χ1n) is 20.6. The third-order valence-electron chi connectivity index (χ3n) is 10.1. The minimum atomic E-state index is -1.09. The number of carboxylic acid groups (broad SMARTS) is 2.